The van der Waals surface area contributed by atoms with Gasteiger partial charge in [-0.05, 0) is 35.7 Å². The quantitative estimate of drug-likeness (QED) is 0.686. The molecule has 3 nitrogen and oxygen atoms in total. The molecule has 0 radical (unpaired) electrons. The largest absolute Gasteiger partial charge is 0.489 e. The Morgan fingerprint density at radius 2 is 1.61 bits per heavy atom. The molecule has 1 fully saturated rings. The van der Waals surface area contributed by atoms with E-state index in [4.69, 9.17) is 4.74 Å². The van der Waals surface area contributed by atoms with Crippen molar-refractivity contribution in [1.29, 1.82) is 0 Å². The molecular formula is C25H28N2O. The van der Waals surface area contributed by atoms with Gasteiger partial charge in [0.15, 0.2) is 0 Å². The molecule has 1 unspecified atom stereocenters. The summed E-state index contributed by atoms with van der Waals surface area (Å²) in [5, 5.41) is 3.47. The van der Waals surface area contributed by atoms with E-state index in [1.165, 1.54) is 22.3 Å². The summed E-state index contributed by atoms with van der Waals surface area (Å²) in [5.41, 5.74) is 5.11. The highest BCUT2D eigenvalue weighted by Gasteiger charge is 2.24. The Balaban J connectivity index is 1.59. The summed E-state index contributed by atoms with van der Waals surface area (Å²) in [6.45, 7) is 6.90. The molecule has 0 aromatic heterocycles. The lowest BCUT2D eigenvalue weighted by molar-refractivity contribution is 0.198. The van der Waals surface area contributed by atoms with Crippen molar-refractivity contribution in [2.24, 2.45) is 0 Å². The molecule has 1 atom stereocenters. The highest BCUT2D eigenvalue weighted by molar-refractivity contribution is 5.38. The maximum atomic E-state index is 6.09. The number of ether oxygens (including phenoxy) is 1. The number of hydrogen-bond donors (Lipinski definition) is 1. The summed E-state index contributed by atoms with van der Waals surface area (Å²) < 4.78 is 6.09. The van der Waals surface area contributed by atoms with Gasteiger partial charge >= 0.3 is 0 Å². The second-order valence-corrected chi connectivity index (χ2v) is 7.45. The van der Waals surface area contributed by atoms with Crippen LogP contribution in [0.5, 0.6) is 5.75 Å². The van der Waals surface area contributed by atoms with Crippen LogP contribution in [0.15, 0.2) is 78.9 Å². The molecule has 0 saturated carbocycles. The van der Waals surface area contributed by atoms with Crippen LogP contribution in [0.2, 0.25) is 0 Å². The van der Waals surface area contributed by atoms with Crippen molar-refractivity contribution in [2.75, 3.05) is 26.2 Å². The molecule has 1 saturated heterocycles. The molecule has 4 rings (SSSR count). The standard InChI is InChI=1S/C25H28N2O/c1-20-10-12-22(13-11-20)25(27-16-14-26-15-17-27)23-8-5-9-24(18-23)28-19-21-6-3-2-4-7-21/h2-13,18,25-26H,14-17,19H2,1H3. The van der Waals surface area contributed by atoms with Gasteiger partial charge in [0.2, 0.25) is 0 Å². The van der Waals surface area contributed by atoms with Crippen LogP contribution in [-0.2, 0) is 6.61 Å². The highest BCUT2D eigenvalue weighted by atomic mass is 16.5. The van der Waals surface area contributed by atoms with Crippen molar-refractivity contribution in [2.45, 2.75) is 19.6 Å². The first-order chi connectivity index (χ1) is 13.8. The minimum absolute atomic E-state index is 0.253. The van der Waals surface area contributed by atoms with E-state index in [1.807, 2.05) is 18.2 Å². The van der Waals surface area contributed by atoms with Crippen molar-refractivity contribution in [3.05, 3.63) is 101 Å². The Morgan fingerprint density at radius 1 is 0.857 bits per heavy atom. The summed E-state index contributed by atoms with van der Waals surface area (Å²) in [5.74, 6) is 0.925. The molecule has 0 bridgehead atoms. The molecule has 1 aliphatic heterocycles. The molecule has 144 valence electrons. The highest BCUT2D eigenvalue weighted by Crippen LogP contribution is 2.31. The number of piperazine rings is 1. The molecular weight excluding hydrogens is 344 g/mol. The number of rotatable bonds is 6. The molecule has 1 aliphatic rings. The summed E-state index contributed by atoms with van der Waals surface area (Å²) in [6, 6.07) is 28.1. The second-order valence-electron chi connectivity index (χ2n) is 7.45. The summed E-state index contributed by atoms with van der Waals surface area (Å²) >= 11 is 0. The summed E-state index contributed by atoms with van der Waals surface area (Å²) in [4.78, 5) is 2.57. The summed E-state index contributed by atoms with van der Waals surface area (Å²) in [6.07, 6.45) is 0. The first kappa shape index (κ1) is 18.7. The average Bonchev–Trinajstić information content (AvgIpc) is 2.76. The molecule has 28 heavy (non-hydrogen) atoms. The number of nitrogens with zero attached hydrogens (tertiary/aromatic N) is 1. The van der Waals surface area contributed by atoms with Gasteiger partial charge < -0.3 is 10.1 Å². The van der Waals surface area contributed by atoms with Gasteiger partial charge in [0.25, 0.3) is 0 Å². The van der Waals surface area contributed by atoms with Crippen molar-refractivity contribution in [3.8, 4) is 5.75 Å². The SMILES string of the molecule is Cc1ccc(C(c2cccc(OCc3ccccc3)c2)N2CCNCC2)cc1. The van der Waals surface area contributed by atoms with E-state index in [-0.39, 0.29) is 6.04 Å². The van der Waals surface area contributed by atoms with Crippen molar-refractivity contribution in [3.63, 3.8) is 0 Å². The lowest BCUT2D eigenvalue weighted by Gasteiger charge is -2.35. The monoisotopic (exact) mass is 372 g/mol. The maximum Gasteiger partial charge on any atom is 0.120 e. The third-order valence-electron chi connectivity index (χ3n) is 5.33. The van der Waals surface area contributed by atoms with Crippen LogP contribution >= 0.6 is 0 Å². The number of aryl methyl sites for hydroxylation is 1. The summed E-state index contributed by atoms with van der Waals surface area (Å²) in [7, 11) is 0. The Labute approximate surface area is 168 Å². The molecule has 3 aromatic rings. The maximum absolute atomic E-state index is 6.09. The fourth-order valence-corrected chi connectivity index (χ4v) is 3.82. The molecule has 3 heteroatoms. The Hall–Kier alpha value is -2.62. The van der Waals surface area contributed by atoms with Crippen LogP contribution in [-0.4, -0.2) is 31.1 Å². The Kier molecular flexibility index (Phi) is 6.05. The smallest absolute Gasteiger partial charge is 0.120 e. The fourth-order valence-electron chi connectivity index (χ4n) is 3.82. The number of nitrogens with one attached hydrogen (secondary N) is 1. The lowest BCUT2D eigenvalue weighted by atomic mass is 9.95. The van der Waals surface area contributed by atoms with Gasteiger partial charge in [0, 0.05) is 26.2 Å². The van der Waals surface area contributed by atoms with Gasteiger partial charge in [0.05, 0.1) is 6.04 Å². The van der Waals surface area contributed by atoms with E-state index >= 15 is 0 Å². The van der Waals surface area contributed by atoms with Crippen LogP contribution in [0.25, 0.3) is 0 Å². The zero-order valence-electron chi connectivity index (χ0n) is 16.5. The topological polar surface area (TPSA) is 24.5 Å². The van der Waals surface area contributed by atoms with Crippen LogP contribution in [0.4, 0.5) is 0 Å². The first-order valence-electron chi connectivity index (χ1n) is 10.1. The zero-order valence-corrected chi connectivity index (χ0v) is 16.5. The zero-order chi connectivity index (χ0) is 19.2. The average molecular weight is 373 g/mol. The van der Waals surface area contributed by atoms with Crippen LogP contribution in [0.1, 0.15) is 28.3 Å². The van der Waals surface area contributed by atoms with Gasteiger partial charge in [-0.15, -0.1) is 0 Å². The van der Waals surface area contributed by atoms with E-state index < -0.39 is 0 Å². The predicted molar refractivity (Wildman–Crippen MR) is 115 cm³/mol. The fraction of sp³-hybridized carbons (Fsp3) is 0.280. The van der Waals surface area contributed by atoms with Gasteiger partial charge in [-0.3, -0.25) is 4.90 Å². The van der Waals surface area contributed by atoms with E-state index in [0.717, 1.165) is 31.9 Å². The van der Waals surface area contributed by atoms with Gasteiger partial charge in [-0.1, -0.05) is 72.3 Å². The van der Waals surface area contributed by atoms with Gasteiger partial charge in [-0.2, -0.15) is 0 Å². The Morgan fingerprint density at radius 3 is 2.36 bits per heavy atom. The predicted octanol–water partition coefficient (Wildman–Crippen LogP) is 4.57. The number of hydrogen-bond acceptors (Lipinski definition) is 3. The third-order valence-corrected chi connectivity index (χ3v) is 5.33. The third kappa shape index (κ3) is 4.61. The number of benzene rings is 3. The Bertz CT molecular complexity index is 871. The van der Waals surface area contributed by atoms with E-state index in [2.05, 4.69) is 77.8 Å². The first-order valence-corrected chi connectivity index (χ1v) is 10.1. The molecule has 0 aliphatic carbocycles. The lowest BCUT2D eigenvalue weighted by Crippen LogP contribution is -2.45. The van der Waals surface area contributed by atoms with Crippen LogP contribution < -0.4 is 10.1 Å². The van der Waals surface area contributed by atoms with Crippen molar-refractivity contribution < 1.29 is 4.74 Å². The van der Waals surface area contributed by atoms with Crippen LogP contribution in [0.3, 0.4) is 0 Å². The molecule has 1 N–H and O–H groups in total. The molecule has 0 amide bonds. The minimum Gasteiger partial charge on any atom is -0.489 e. The normalized spacial score (nSPS) is 15.9. The van der Waals surface area contributed by atoms with E-state index in [1.54, 1.807) is 0 Å². The van der Waals surface area contributed by atoms with Gasteiger partial charge in [-0.25, -0.2) is 0 Å². The van der Waals surface area contributed by atoms with E-state index in [9.17, 15) is 0 Å². The second kappa shape index (κ2) is 9.05. The van der Waals surface area contributed by atoms with E-state index in [0.29, 0.717) is 6.61 Å². The minimum atomic E-state index is 0.253. The molecule has 1 heterocycles. The molecule has 3 aromatic carbocycles. The molecule has 0 spiro atoms. The van der Waals surface area contributed by atoms with Gasteiger partial charge in [0.1, 0.15) is 12.4 Å². The van der Waals surface area contributed by atoms with Crippen molar-refractivity contribution >= 4 is 0 Å². The van der Waals surface area contributed by atoms with Crippen LogP contribution in [0, 0.1) is 6.92 Å². The van der Waals surface area contributed by atoms with Crippen molar-refractivity contribution in [1.82, 2.24) is 10.2 Å².